The molecule has 0 rings (SSSR count). The summed E-state index contributed by atoms with van der Waals surface area (Å²) in [6, 6.07) is 0. The second kappa shape index (κ2) is 54.0. The Morgan fingerprint density at radius 1 is 0.323 bits per heavy atom. The van der Waals surface area contributed by atoms with Crippen LogP contribution in [0, 0.1) is 0 Å². The zero-order valence-electron chi connectivity index (χ0n) is 43.3. The van der Waals surface area contributed by atoms with Crippen molar-refractivity contribution in [2.45, 2.75) is 297 Å². The molecule has 0 aliphatic rings. The molecule has 0 aliphatic carbocycles. The lowest BCUT2D eigenvalue weighted by Crippen LogP contribution is -2.30. The van der Waals surface area contributed by atoms with Gasteiger partial charge in [-0.3, -0.25) is 14.4 Å². The van der Waals surface area contributed by atoms with E-state index in [1.165, 1.54) is 148 Å². The molecular formula is C59H106O6. The Labute approximate surface area is 403 Å². The van der Waals surface area contributed by atoms with Gasteiger partial charge in [-0.2, -0.15) is 0 Å². The van der Waals surface area contributed by atoms with Crippen molar-refractivity contribution in [3.05, 3.63) is 48.6 Å². The standard InChI is InChI=1S/C59H106O6/c1-4-7-10-13-16-19-22-24-26-27-28-29-30-31-33-34-37-40-43-46-49-52-58(61)64-55-56(54-63-57(60)51-48-45-42-39-36-21-18-15-12-9-6-3)65-59(62)53-50-47-44-41-38-35-32-25-23-20-17-14-11-8-5-2/h8,11,15,17-18,20,25,32,56H,4-7,9-10,12-14,16,19,21-24,26-31,33-55H2,1-3H3/b11-8-,18-15-,20-17-,32-25-/t56-/m1/s1. The van der Waals surface area contributed by atoms with Crippen LogP contribution in [0.3, 0.4) is 0 Å². The van der Waals surface area contributed by atoms with Crippen molar-refractivity contribution in [3.8, 4) is 0 Å². The maximum atomic E-state index is 12.8. The summed E-state index contributed by atoms with van der Waals surface area (Å²) in [5.74, 6) is -0.896. The van der Waals surface area contributed by atoms with Crippen molar-refractivity contribution in [2.75, 3.05) is 13.2 Å². The largest absolute Gasteiger partial charge is 0.462 e. The Morgan fingerprint density at radius 2 is 0.615 bits per heavy atom. The first-order valence-electron chi connectivity index (χ1n) is 28.1. The monoisotopic (exact) mass is 911 g/mol. The topological polar surface area (TPSA) is 78.9 Å². The third kappa shape index (κ3) is 52.2. The molecule has 0 bridgehead atoms. The molecule has 0 fully saturated rings. The summed E-state index contributed by atoms with van der Waals surface area (Å²) < 4.78 is 16.8. The first-order chi connectivity index (χ1) is 32.0. The van der Waals surface area contributed by atoms with Crippen LogP contribution in [0.25, 0.3) is 0 Å². The highest BCUT2D eigenvalue weighted by Gasteiger charge is 2.19. The Hall–Kier alpha value is -2.63. The molecule has 0 saturated heterocycles. The first-order valence-corrected chi connectivity index (χ1v) is 28.1. The number of allylic oxidation sites excluding steroid dienone is 8. The summed E-state index contributed by atoms with van der Waals surface area (Å²) in [5, 5.41) is 0. The molecule has 0 aliphatic heterocycles. The van der Waals surface area contributed by atoms with Gasteiger partial charge in [-0.15, -0.1) is 0 Å². The molecule has 0 heterocycles. The van der Waals surface area contributed by atoms with E-state index in [1.807, 2.05) is 0 Å². The molecule has 0 aromatic heterocycles. The molecule has 65 heavy (non-hydrogen) atoms. The van der Waals surface area contributed by atoms with E-state index in [2.05, 4.69) is 69.4 Å². The van der Waals surface area contributed by atoms with Gasteiger partial charge in [-0.05, 0) is 70.6 Å². The van der Waals surface area contributed by atoms with Crippen molar-refractivity contribution in [1.29, 1.82) is 0 Å². The normalized spacial score (nSPS) is 12.4. The molecular weight excluding hydrogens is 805 g/mol. The van der Waals surface area contributed by atoms with Gasteiger partial charge >= 0.3 is 17.9 Å². The van der Waals surface area contributed by atoms with E-state index in [1.54, 1.807) is 0 Å². The molecule has 0 spiro atoms. The summed E-state index contributed by atoms with van der Waals surface area (Å²) >= 11 is 0. The van der Waals surface area contributed by atoms with Gasteiger partial charge in [0.25, 0.3) is 0 Å². The van der Waals surface area contributed by atoms with Crippen molar-refractivity contribution >= 4 is 17.9 Å². The highest BCUT2D eigenvalue weighted by atomic mass is 16.6. The summed E-state index contributed by atoms with van der Waals surface area (Å²) in [6.45, 7) is 6.50. The summed E-state index contributed by atoms with van der Waals surface area (Å²) in [6.07, 6.45) is 65.4. The minimum atomic E-state index is -0.782. The third-order valence-electron chi connectivity index (χ3n) is 12.3. The Balaban J connectivity index is 4.28. The van der Waals surface area contributed by atoms with E-state index in [-0.39, 0.29) is 31.1 Å². The van der Waals surface area contributed by atoms with Crippen molar-refractivity contribution in [2.24, 2.45) is 0 Å². The van der Waals surface area contributed by atoms with Crippen LogP contribution in [0.2, 0.25) is 0 Å². The van der Waals surface area contributed by atoms with Crippen molar-refractivity contribution < 1.29 is 28.6 Å². The second-order valence-corrected chi connectivity index (χ2v) is 18.8. The molecule has 1 atom stereocenters. The second-order valence-electron chi connectivity index (χ2n) is 18.8. The van der Waals surface area contributed by atoms with Crippen LogP contribution < -0.4 is 0 Å². The lowest BCUT2D eigenvalue weighted by Gasteiger charge is -2.18. The number of hydrogen-bond donors (Lipinski definition) is 0. The lowest BCUT2D eigenvalue weighted by atomic mass is 10.0. The average Bonchev–Trinajstić information content (AvgIpc) is 3.30. The van der Waals surface area contributed by atoms with Gasteiger partial charge in [0.15, 0.2) is 6.10 Å². The number of esters is 3. The fourth-order valence-electron chi connectivity index (χ4n) is 8.09. The fourth-order valence-corrected chi connectivity index (χ4v) is 8.09. The molecule has 0 radical (unpaired) electrons. The predicted molar refractivity (Wildman–Crippen MR) is 279 cm³/mol. The molecule has 0 aromatic carbocycles. The number of hydrogen-bond acceptors (Lipinski definition) is 6. The van der Waals surface area contributed by atoms with Crippen molar-refractivity contribution in [1.82, 2.24) is 0 Å². The molecule has 0 saturated carbocycles. The van der Waals surface area contributed by atoms with E-state index in [0.717, 1.165) is 103 Å². The van der Waals surface area contributed by atoms with Crippen LogP contribution in [0.15, 0.2) is 48.6 Å². The summed E-state index contributed by atoms with van der Waals surface area (Å²) in [4.78, 5) is 38.0. The maximum absolute atomic E-state index is 12.8. The first kappa shape index (κ1) is 62.4. The van der Waals surface area contributed by atoms with Crippen LogP contribution in [0.5, 0.6) is 0 Å². The van der Waals surface area contributed by atoms with Gasteiger partial charge in [0, 0.05) is 19.3 Å². The highest BCUT2D eigenvalue weighted by molar-refractivity contribution is 5.71. The molecule has 0 aromatic rings. The minimum absolute atomic E-state index is 0.0801. The van der Waals surface area contributed by atoms with E-state index in [4.69, 9.17) is 14.2 Å². The quantitative estimate of drug-likeness (QED) is 0.0262. The van der Waals surface area contributed by atoms with Crippen LogP contribution in [0.4, 0.5) is 0 Å². The van der Waals surface area contributed by atoms with Gasteiger partial charge in [-0.25, -0.2) is 0 Å². The van der Waals surface area contributed by atoms with Crippen LogP contribution in [-0.4, -0.2) is 37.2 Å². The zero-order chi connectivity index (χ0) is 47.2. The Kier molecular flexibility index (Phi) is 51.8. The third-order valence-corrected chi connectivity index (χ3v) is 12.3. The lowest BCUT2D eigenvalue weighted by molar-refractivity contribution is -0.167. The molecule has 378 valence electrons. The van der Waals surface area contributed by atoms with Crippen LogP contribution in [-0.2, 0) is 28.6 Å². The summed E-state index contributed by atoms with van der Waals surface area (Å²) in [7, 11) is 0. The Bertz CT molecular complexity index is 1140. The average molecular weight is 911 g/mol. The number of unbranched alkanes of at least 4 members (excludes halogenated alkanes) is 32. The van der Waals surface area contributed by atoms with E-state index >= 15 is 0 Å². The van der Waals surface area contributed by atoms with Crippen molar-refractivity contribution in [3.63, 3.8) is 0 Å². The number of carbonyl (C=O) groups is 3. The maximum Gasteiger partial charge on any atom is 0.306 e. The molecule has 6 heteroatoms. The number of ether oxygens (including phenoxy) is 3. The minimum Gasteiger partial charge on any atom is -0.462 e. The van der Waals surface area contributed by atoms with Gasteiger partial charge < -0.3 is 14.2 Å². The molecule has 0 unspecified atom stereocenters. The molecule has 6 nitrogen and oxygen atoms in total. The van der Waals surface area contributed by atoms with Gasteiger partial charge in [0.1, 0.15) is 13.2 Å². The predicted octanol–water partition coefficient (Wildman–Crippen LogP) is 18.7. The SMILES string of the molecule is CC/C=C\C/C=C\C/C=C\CCCCCCCC(=O)O[C@H](COC(=O)CCCCCCC/C=C\CCCC)COC(=O)CCCCCCCCCCCCCCCCCCCCCCC. The number of rotatable bonds is 51. The van der Waals surface area contributed by atoms with Crippen LogP contribution >= 0.6 is 0 Å². The zero-order valence-corrected chi connectivity index (χ0v) is 43.3. The highest BCUT2D eigenvalue weighted by Crippen LogP contribution is 2.16. The van der Waals surface area contributed by atoms with Gasteiger partial charge in [-0.1, -0.05) is 249 Å². The Morgan fingerprint density at radius 3 is 1.00 bits per heavy atom. The molecule has 0 amide bonds. The van der Waals surface area contributed by atoms with Gasteiger partial charge in [0.05, 0.1) is 0 Å². The van der Waals surface area contributed by atoms with Gasteiger partial charge in [0.2, 0.25) is 0 Å². The number of carbonyl (C=O) groups excluding carboxylic acids is 3. The fraction of sp³-hybridized carbons (Fsp3) is 0.814. The van der Waals surface area contributed by atoms with Crippen LogP contribution in [0.1, 0.15) is 290 Å². The smallest absolute Gasteiger partial charge is 0.306 e. The van der Waals surface area contributed by atoms with E-state index in [0.29, 0.717) is 19.3 Å². The summed E-state index contributed by atoms with van der Waals surface area (Å²) in [5.41, 5.74) is 0. The molecule has 0 N–H and O–H groups in total. The van der Waals surface area contributed by atoms with E-state index in [9.17, 15) is 14.4 Å². The van der Waals surface area contributed by atoms with E-state index < -0.39 is 6.10 Å².